The van der Waals surface area contributed by atoms with E-state index in [0.29, 0.717) is 12.0 Å². The molecule has 2 heterocycles. The van der Waals surface area contributed by atoms with Crippen molar-refractivity contribution in [2.24, 2.45) is 5.92 Å². The molecule has 0 aromatic carbocycles. The Labute approximate surface area is 99.5 Å². The van der Waals surface area contributed by atoms with Crippen LogP contribution in [0.1, 0.15) is 27.2 Å². The zero-order valence-electron chi connectivity index (χ0n) is 10.7. The van der Waals surface area contributed by atoms with E-state index in [1.54, 1.807) is 0 Å². The summed E-state index contributed by atoms with van der Waals surface area (Å²) < 4.78 is 0. The van der Waals surface area contributed by atoms with E-state index in [0.717, 1.165) is 13.1 Å². The Balaban J connectivity index is 0.000000606. The van der Waals surface area contributed by atoms with Crippen molar-refractivity contribution < 1.29 is 0 Å². The lowest BCUT2D eigenvalue weighted by atomic mass is 9.89. The van der Waals surface area contributed by atoms with Crippen LogP contribution in [-0.4, -0.2) is 19.1 Å². The lowest BCUT2D eigenvalue weighted by molar-refractivity contribution is 0.369. The number of allylic oxidation sites excluding steroid dienone is 4. The van der Waals surface area contributed by atoms with Crippen LogP contribution in [0.3, 0.4) is 0 Å². The summed E-state index contributed by atoms with van der Waals surface area (Å²) in [5, 5.41) is 6.97. The summed E-state index contributed by atoms with van der Waals surface area (Å²) in [7, 11) is 0. The zero-order valence-corrected chi connectivity index (χ0v) is 10.7. The zero-order chi connectivity index (χ0) is 12.0. The Kier molecular flexibility index (Phi) is 5.33. The minimum Gasteiger partial charge on any atom is -0.380 e. The fourth-order valence-corrected chi connectivity index (χ4v) is 2.50. The van der Waals surface area contributed by atoms with Crippen molar-refractivity contribution in [1.29, 1.82) is 0 Å². The molecule has 16 heavy (non-hydrogen) atoms. The topological polar surface area (TPSA) is 24.1 Å². The summed E-state index contributed by atoms with van der Waals surface area (Å²) in [6.07, 6.45) is 7.41. The first-order chi connectivity index (χ1) is 7.86. The summed E-state index contributed by atoms with van der Waals surface area (Å²) in [6.45, 7) is 12.1. The number of hydrogen-bond donors (Lipinski definition) is 2. The average molecular weight is 220 g/mol. The van der Waals surface area contributed by atoms with Gasteiger partial charge in [0.15, 0.2) is 0 Å². The van der Waals surface area contributed by atoms with Gasteiger partial charge in [0.1, 0.15) is 0 Å². The molecule has 2 heteroatoms. The SMILES string of the molecule is C=C/C=C1/NC2CNCCC2/C1=C/C.CC. The first-order valence-electron chi connectivity index (χ1n) is 6.33. The summed E-state index contributed by atoms with van der Waals surface area (Å²) in [6, 6.07) is 0.584. The molecule has 2 atom stereocenters. The monoisotopic (exact) mass is 220 g/mol. The molecule has 90 valence electrons. The highest BCUT2D eigenvalue weighted by Gasteiger charge is 2.35. The standard InChI is InChI=1S/C12H18N2.C2H6/c1-3-5-11-9(4-2)10-6-7-13-8-12(10)14-11;1-2/h3-5,10,12-14H,1,6-8H2,2H3;1-2H3/b9-4-,11-5+;. The lowest BCUT2D eigenvalue weighted by Gasteiger charge is -2.25. The van der Waals surface area contributed by atoms with Gasteiger partial charge in [-0.3, -0.25) is 0 Å². The Morgan fingerprint density at radius 3 is 2.75 bits per heavy atom. The van der Waals surface area contributed by atoms with Crippen LogP contribution in [0.25, 0.3) is 0 Å². The quantitative estimate of drug-likeness (QED) is 0.710. The molecule has 0 aliphatic carbocycles. The van der Waals surface area contributed by atoms with Crippen molar-refractivity contribution >= 4 is 0 Å². The van der Waals surface area contributed by atoms with Crippen molar-refractivity contribution in [2.45, 2.75) is 33.2 Å². The van der Waals surface area contributed by atoms with Gasteiger partial charge in [0.25, 0.3) is 0 Å². The van der Waals surface area contributed by atoms with Gasteiger partial charge < -0.3 is 10.6 Å². The maximum atomic E-state index is 3.75. The molecule has 0 amide bonds. The van der Waals surface area contributed by atoms with E-state index < -0.39 is 0 Å². The fraction of sp³-hybridized carbons (Fsp3) is 0.571. The number of fused-ring (bicyclic) bond motifs is 1. The number of rotatable bonds is 1. The van der Waals surface area contributed by atoms with Gasteiger partial charge in [0.05, 0.1) is 0 Å². The Morgan fingerprint density at radius 2 is 2.12 bits per heavy atom. The van der Waals surface area contributed by atoms with E-state index in [1.165, 1.54) is 17.7 Å². The van der Waals surface area contributed by atoms with Crippen molar-refractivity contribution in [3.8, 4) is 0 Å². The number of hydrogen-bond acceptors (Lipinski definition) is 2. The van der Waals surface area contributed by atoms with Crippen molar-refractivity contribution in [2.75, 3.05) is 13.1 Å². The van der Waals surface area contributed by atoms with Gasteiger partial charge in [-0.15, -0.1) is 0 Å². The van der Waals surface area contributed by atoms with Crippen LogP contribution in [0.15, 0.2) is 36.1 Å². The van der Waals surface area contributed by atoms with Gasteiger partial charge in [-0.1, -0.05) is 32.6 Å². The van der Waals surface area contributed by atoms with Crippen LogP contribution in [0.2, 0.25) is 0 Å². The van der Waals surface area contributed by atoms with E-state index in [4.69, 9.17) is 0 Å². The van der Waals surface area contributed by atoms with Gasteiger partial charge in [0.2, 0.25) is 0 Å². The van der Waals surface area contributed by atoms with Gasteiger partial charge in [-0.05, 0) is 31.5 Å². The minimum absolute atomic E-state index is 0.584. The van der Waals surface area contributed by atoms with Crippen LogP contribution in [0.4, 0.5) is 0 Å². The van der Waals surface area contributed by atoms with E-state index in [2.05, 4.69) is 36.3 Å². The fourth-order valence-electron chi connectivity index (χ4n) is 2.50. The molecule has 0 aromatic rings. The molecule has 2 fully saturated rings. The summed E-state index contributed by atoms with van der Waals surface area (Å²) >= 11 is 0. The Hall–Kier alpha value is -1.02. The summed E-state index contributed by atoms with van der Waals surface area (Å²) in [5.74, 6) is 0.701. The molecule has 0 radical (unpaired) electrons. The molecule has 2 rings (SSSR count). The minimum atomic E-state index is 0.584. The second kappa shape index (κ2) is 6.54. The summed E-state index contributed by atoms with van der Waals surface area (Å²) in [5.41, 5.74) is 2.73. The molecule has 0 aromatic heterocycles. The van der Waals surface area contributed by atoms with Crippen LogP contribution >= 0.6 is 0 Å². The molecule has 0 bridgehead atoms. The molecule has 0 saturated carbocycles. The predicted molar refractivity (Wildman–Crippen MR) is 71.3 cm³/mol. The van der Waals surface area contributed by atoms with Crippen LogP contribution < -0.4 is 10.6 Å². The van der Waals surface area contributed by atoms with Crippen molar-refractivity contribution in [1.82, 2.24) is 10.6 Å². The third kappa shape index (κ3) is 2.56. The molecule has 2 unspecified atom stereocenters. The van der Waals surface area contributed by atoms with Gasteiger partial charge in [-0.25, -0.2) is 0 Å². The van der Waals surface area contributed by atoms with E-state index in [1.807, 2.05) is 19.9 Å². The molecule has 0 spiro atoms. The molecule has 2 aliphatic rings. The molecular weight excluding hydrogens is 196 g/mol. The Morgan fingerprint density at radius 1 is 1.38 bits per heavy atom. The normalized spacial score (nSPS) is 32.7. The third-order valence-corrected chi connectivity index (χ3v) is 3.13. The van der Waals surface area contributed by atoms with Gasteiger partial charge in [0, 0.05) is 24.2 Å². The second-order valence-corrected chi connectivity index (χ2v) is 3.91. The molecular formula is C14H24N2. The van der Waals surface area contributed by atoms with Crippen molar-refractivity contribution in [3.63, 3.8) is 0 Å². The van der Waals surface area contributed by atoms with E-state index >= 15 is 0 Å². The Bertz CT molecular complexity index is 289. The smallest absolute Gasteiger partial charge is 0.0455 e. The third-order valence-electron chi connectivity index (χ3n) is 3.13. The second-order valence-electron chi connectivity index (χ2n) is 3.91. The number of nitrogens with one attached hydrogen (secondary N) is 2. The molecule has 2 saturated heterocycles. The maximum Gasteiger partial charge on any atom is 0.0455 e. The van der Waals surface area contributed by atoms with E-state index in [9.17, 15) is 0 Å². The van der Waals surface area contributed by atoms with E-state index in [-0.39, 0.29) is 0 Å². The first-order valence-corrected chi connectivity index (χ1v) is 6.33. The van der Waals surface area contributed by atoms with Gasteiger partial charge >= 0.3 is 0 Å². The average Bonchev–Trinajstić information content (AvgIpc) is 2.69. The first kappa shape index (κ1) is 13.0. The van der Waals surface area contributed by atoms with Crippen LogP contribution in [-0.2, 0) is 0 Å². The highest BCUT2D eigenvalue weighted by Crippen LogP contribution is 2.33. The van der Waals surface area contributed by atoms with Crippen LogP contribution in [0, 0.1) is 5.92 Å². The largest absolute Gasteiger partial charge is 0.380 e. The maximum absolute atomic E-state index is 3.75. The molecule has 2 aliphatic heterocycles. The number of piperidine rings is 1. The van der Waals surface area contributed by atoms with Crippen molar-refractivity contribution in [3.05, 3.63) is 36.1 Å². The molecule has 2 N–H and O–H groups in total. The van der Waals surface area contributed by atoms with Gasteiger partial charge in [-0.2, -0.15) is 0 Å². The molecule has 2 nitrogen and oxygen atoms in total. The van der Waals surface area contributed by atoms with Crippen LogP contribution in [0.5, 0.6) is 0 Å². The predicted octanol–water partition coefficient (Wildman–Crippen LogP) is 2.61. The highest BCUT2D eigenvalue weighted by atomic mass is 15.1. The lowest BCUT2D eigenvalue weighted by Crippen LogP contribution is -2.43. The highest BCUT2D eigenvalue weighted by molar-refractivity contribution is 5.40. The summed E-state index contributed by atoms with van der Waals surface area (Å²) in [4.78, 5) is 0.